The van der Waals surface area contributed by atoms with Crippen LogP contribution in [0.15, 0.2) is 0 Å². The minimum atomic E-state index is 0.353. The van der Waals surface area contributed by atoms with Gasteiger partial charge in [0, 0.05) is 31.2 Å². The van der Waals surface area contributed by atoms with Gasteiger partial charge in [0.2, 0.25) is 0 Å². The Morgan fingerprint density at radius 3 is 2.89 bits per heavy atom. The van der Waals surface area contributed by atoms with Crippen LogP contribution < -0.4 is 5.32 Å². The number of likely N-dealkylation sites (tertiary alicyclic amines) is 1. The maximum Gasteiger partial charge on any atom is 0.0546 e. The fraction of sp³-hybridized carbons (Fsp3) is 1.00. The molecule has 3 nitrogen and oxygen atoms in total. The zero-order valence-electron chi connectivity index (χ0n) is 12.2. The molecule has 3 heteroatoms. The van der Waals surface area contributed by atoms with Crippen molar-refractivity contribution in [2.24, 2.45) is 5.41 Å². The minimum Gasteiger partial charge on any atom is -0.381 e. The molecule has 0 aromatic heterocycles. The quantitative estimate of drug-likeness (QED) is 0.833. The molecule has 2 aliphatic rings. The summed E-state index contributed by atoms with van der Waals surface area (Å²) in [5, 5.41) is 3.39. The second-order valence-electron chi connectivity index (χ2n) is 6.36. The molecule has 2 rings (SSSR count). The molecular weight excluding hydrogens is 224 g/mol. The third-order valence-corrected chi connectivity index (χ3v) is 4.68. The minimum absolute atomic E-state index is 0.353. The van der Waals surface area contributed by atoms with E-state index in [0.717, 1.165) is 25.8 Å². The Bertz CT molecular complexity index is 233. The molecule has 0 spiro atoms. The lowest BCUT2D eigenvalue weighted by Crippen LogP contribution is -2.50. The monoisotopic (exact) mass is 254 g/mol. The Hall–Kier alpha value is -0.120. The fourth-order valence-electron chi connectivity index (χ4n) is 3.61. The lowest BCUT2D eigenvalue weighted by atomic mass is 9.81. The van der Waals surface area contributed by atoms with Crippen molar-refractivity contribution in [1.29, 1.82) is 0 Å². The molecule has 0 aromatic rings. The van der Waals surface area contributed by atoms with Crippen molar-refractivity contribution >= 4 is 0 Å². The summed E-state index contributed by atoms with van der Waals surface area (Å²) in [7, 11) is 2.07. The highest BCUT2D eigenvalue weighted by Crippen LogP contribution is 2.31. The van der Waals surface area contributed by atoms with Crippen LogP contribution in [0.1, 0.15) is 45.4 Å². The van der Waals surface area contributed by atoms with Gasteiger partial charge in [-0.25, -0.2) is 0 Å². The number of ether oxygens (including phenoxy) is 1. The average Bonchev–Trinajstić information content (AvgIpc) is 2.56. The van der Waals surface area contributed by atoms with E-state index in [4.69, 9.17) is 4.74 Å². The molecule has 2 fully saturated rings. The van der Waals surface area contributed by atoms with Crippen LogP contribution >= 0.6 is 0 Å². The van der Waals surface area contributed by atoms with Gasteiger partial charge < -0.3 is 10.1 Å². The van der Waals surface area contributed by atoms with Crippen LogP contribution in [0.4, 0.5) is 0 Å². The third-order valence-electron chi connectivity index (χ3n) is 4.68. The molecule has 18 heavy (non-hydrogen) atoms. The van der Waals surface area contributed by atoms with Crippen molar-refractivity contribution in [2.45, 2.75) is 51.5 Å². The van der Waals surface area contributed by atoms with Gasteiger partial charge >= 0.3 is 0 Å². The van der Waals surface area contributed by atoms with Gasteiger partial charge in [-0.3, -0.25) is 4.90 Å². The number of hydrogen-bond donors (Lipinski definition) is 1. The van der Waals surface area contributed by atoms with E-state index >= 15 is 0 Å². The van der Waals surface area contributed by atoms with E-state index < -0.39 is 0 Å². The van der Waals surface area contributed by atoms with E-state index in [-0.39, 0.29) is 0 Å². The highest BCUT2D eigenvalue weighted by atomic mass is 16.5. The molecule has 2 heterocycles. The van der Waals surface area contributed by atoms with E-state index in [1.165, 1.54) is 51.6 Å². The number of hydrogen-bond acceptors (Lipinski definition) is 3. The Labute approximate surface area is 112 Å². The second kappa shape index (κ2) is 6.88. The van der Waals surface area contributed by atoms with E-state index in [2.05, 4.69) is 24.2 Å². The zero-order chi connectivity index (χ0) is 12.8. The van der Waals surface area contributed by atoms with Crippen LogP contribution in [-0.2, 0) is 4.74 Å². The molecule has 0 aliphatic carbocycles. The first-order valence-corrected chi connectivity index (χ1v) is 7.72. The van der Waals surface area contributed by atoms with Crippen LogP contribution in [0.25, 0.3) is 0 Å². The summed E-state index contributed by atoms with van der Waals surface area (Å²) in [4.78, 5) is 2.72. The van der Waals surface area contributed by atoms with Gasteiger partial charge in [-0.05, 0) is 46.2 Å². The normalized spacial score (nSPS) is 35.3. The fourth-order valence-corrected chi connectivity index (χ4v) is 3.61. The molecule has 2 atom stereocenters. The third kappa shape index (κ3) is 3.69. The summed E-state index contributed by atoms with van der Waals surface area (Å²) in [5.41, 5.74) is 0.353. The van der Waals surface area contributed by atoms with Crippen molar-refractivity contribution in [3.05, 3.63) is 0 Å². The summed E-state index contributed by atoms with van der Waals surface area (Å²) in [6.45, 7) is 7.90. The van der Waals surface area contributed by atoms with E-state index in [0.29, 0.717) is 5.41 Å². The Balaban J connectivity index is 1.97. The van der Waals surface area contributed by atoms with Crippen molar-refractivity contribution in [2.75, 3.05) is 39.9 Å². The van der Waals surface area contributed by atoms with Crippen LogP contribution in [0, 0.1) is 5.41 Å². The van der Waals surface area contributed by atoms with Gasteiger partial charge in [0.25, 0.3) is 0 Å². The molecule has 0 aromatic carbocycles. The first-order chi connectivity index (χ1) is 8.76. The predicted octanol–water partition coefficient (Wildman–Crippen LogP) is 2.27. The summed E-state index contributed by atoms with van der Waals surface area (Å²) in [6.07, 6.45) is 8.11. The summed E-state index contributed by atoms with van der Waals surface area (Å²) in [5.74, 6) is 0. The maximum absolute atomic E-state index is 5.78. The molecule has 1 N–H and O–H groups in total. The first-order valence-electron chi connectivity index (χ1n) is 7.72. The van der Waals surface area contributed by atoms with Gasteiger partial charge in [-0.1, -0.05) is 12.8 Å². The van der Waals surface area contributed by atoms with Crippen LogP contribution in [0.2, 0.25) is 0 Å². The molecular formula is C15H30N2O. The van der Waals surface area contributed by atoms with Gasteiger partial charge in [0.05, 0.1) is 6.61 Å². The largest absolute Gasteiger partial charge is 0.381 e. The molecule has 106 valence electrons. The Kier molecular flexibility index (Phi) is 5.46. The van der Waals surface area contributed by atoms with Crippen LogP contribution in [0.3, 0.4) is 0 Å². The molecule has 2 unspecified atom stereocenters. The van der Waals surface area contributed by atoms with Gasteiger partial charge in [0.1, 0.15) is 0 Å². The number of rotatable bonds is 4. The average molecular weight is 254 g/mol. The molecule has 2 aliphatic heterocycles. The smallest absolute Gasteiger partial charge is 0.0546 e. The standard InChI is InChI=1S/C15H30N2O/c1-14-7-4-3-5-9-17(14)12-15(11-16-2)8-6-10-18-13-15/h14,16H,3-13H2,1-2H3. The summed E-state index contributed by atoms with van der Waals surface area (Å²) in [6, 6.07) is 0.753. The zero-order valence-corrected chi connectivity index (χ0v) is 12.2. The van der Waals surface area contributed by atoms with Gasteiger partial charge in [-0.15, -0.1) is 0 Å². The first kappa shape index (κ1) is 14.3. The molecule has 0 radical (unpaired) electrons. The maximum atomic E-state index is 5.78. The van der Waals surface area contributed by atoms with Crippen molar-refractivity contribution in [3.63, 3.8) is 0 Å². The van der Waals surface area contributed by atoms with Crippen molar-refractivity contribution in [3.8, 4) is 0 Å². The van der Waals surface area contributed by atoms with E-state index in [1.54, 1.807) is 0 Å². The van der Waals surface area contributed by atoms with E-state index in [1.807, 2.05) is 0 Å². The van der Waals surface area contributed by atoms with Gasteiger partial charge in [0.15, 0.2) is 0 Å². The Morgan fingerprint density at radius 1 is 1.28 bits per heavy atom. The number of nitrogens with zero attached hydrogens (tertiary/aromatic N) is 1. The molecule has 0 bridgehead atoms. The second-order valence-corrected chi connectivity index (χ2v) is 6.36. The predicted molar refractivity (Wildman–Crippen MR) is 75.9 cm³/mol. The molecule has 0 saturated carbocycles. The SMILES string of the molecule is CNCC1(CN2CCCCCC2C)CCCOC1. The summed E-state index contributed by atoms with van der Waals surface area (Å²) < 4.78 is 5.78. The number of nitrogens with one attached hydrogen (secondary N) is 1. The highest BCUT2D eigenvalue weighted by Gasteiger charge is 2.35. The molecule has 0 amide bonds. The van der Waals surface area contributed by atoms with Crippen LogP contribution in [0.5, 0.6) is 0 Å². The van der Waals surface area contributed by atoms with Crippen molar-refractivity contribution < 1.29 is 4.74 Å². The molecule has 2 saturated heterocycles. The lowest BCUT2D eigenvalue weighted by molar-refractivity contribution is -0.0306. The van der Waals surface area contributed by atoms with Gasteiger partial charge in [-0.2, -0.15) is 0 Å². The Morgan fingerprint density at radius 2 is 2.17 bits per heavy atom. The van der Waals surface area contributed by atoms with Crippen LogP contribution in [-0.4, -0.2) is 50.8 Å². The topological polar surface area (TPSA) is 24.5 Å². The van der Waals surface area contributed by atoms with Crippen molar-refractivity contribution in [1.82, 2.24) is 10.2 Å². The highest BCUT2D eigenvalue weighted by molar-refractivity contribution is 4.88. The lowest BCUT2D eigenvalue weighted by Gasteiger charge is -2.42. The summed E-state index contributed by atoms with van der Waals surface area (Å²) >= 11 is 0. The van der Waals surface area contributed by atoms with E-state index in [9.17, 15) is 0 Å².